The highest BCUT2D eigenvalue weighted by molar-refractivity contribution is 6.25. The predicted molar refractivity (Wildman–Crippen MR) is 115 cm³/mol. The number of hydrogen-bond acceptors (Lipinski definition) is 3. The van der Waals surface area contributed by atoms with Gasteiger partial charge in [0.15, 0.2) is 0 Å². The van der Waals surface area contributed by atoms with E-state index in [9.17, 15) is 14.4 Å². The van der Waals surface area contributed by atoms with Crippen LogP contribution in [0.5, 0.6) is 0 Å². The first-order chi connectivity index (χ1) is 14.3. The Balaban J connectivity index is 1.48. The molecule has 5 nitrogen and oxygen atoms in total. The number of rotatable bonds is 3. The fourth-order valence-corrected chi connectivity index (χ4v) is 5.62. The Bertz CT molecular complexity index is 1110. The first kappa shape index (κ1) is 18.8. The maximum atomic E-state index is 13.3. The molecule has 2 aromatic carbocycles. The monoisotopic (exact) mass is 400 g/mol. The summed E-state index contributed by atoms with van der Waals surface area (Å²) in [6.45, 7) is 6.00. The quantitative estimate of drug-likeness (QED) is 0.618. The van der Waals surface area contributed by atoms with Crippen molar-refractivity contribution in [3.8, 4) is 0 Å². The number of nitrogens with zero attached hydrogens (tertiary/aromatic N) is 1. The molecule has 5 rings (SSSR count). The highest BCUT2D eigenvalue weighted by Crippen LogP contribution is 2.56. The zero-order valence-corrected chi connectivity index (χ0v) is 17.3. The minimum absolute atomic E-state index is 0.137. The van der Waals surface area contributed by atoms with Crippen LogP contribution >= 0.6 is 0 Å². The lowest BCUT2D eigenvalue weighted by Crippen LogP contribution is -2.34. The molecule has 0 radical (unpaired) electrons. The molecular weight excluding hydrogens is 376 g/mol. The Kier molecular flexibility index (Phi) is 4.17. The standard InChI is InChI=1S/C25H24N2O3/c1-13-8-14(2)10-17(9-13)26-23(28)18-6-4-5-7-20(18)27-24(29)21-16-11-15(3)19(12-16)22(21)25(27)30/h4-11,16,19,21-22H,12H2,1-3H3,(H,26,28)/t16-,19+,21+,22+/m0/s1. The third kappa shape index (κ3) is 2.72. The van der Waals surface area contributed by atoms with E-state index >= 15 is 0 Å². The maximum Gasteiger partial charge on any atom is 0.257 e. The van der Waals surface area contributed by atoms with Crippen LogP contribution in [-0.2, 0) is 9.59 Å². The molecule has 2 fully saturated rings. The normalized spacial score (nSPS) is 26.8. The molecule has 1 saturated heterocycles. The van der Waals surface area contributed by atoms with Gasteiger partial charge in [-0.2, -0.15) is 0 Å². The summed E-state index contributed by atoms with van der Waals surface area (Å²) >= 11 is 0. The first-order valence-corrected chi connectivity index (χ1v) is 10.4. The molecule has 0 unspecified atom stereocenters. The number of carbonyl (C=O) groups excluding carboxylic acids is 3. The molecule has 1 saturated carbocycles. The van der Waals surface area contributed by atoms with Gasteiger partial charge in [-0.05, 0) is 74.4 Å². The number of para-hydroxylation sites is 1. The fraction of sp³-hybridized carbons (Fsp3) is 0.320. The van der Waals surface area contributed by atoms with E-state index in [1.54, 1.807) is 24.3 Å². The van der Waals surface area contributed by atoms with E-state index in [2.05, 4.69) is 11.4 Å². The van der Waals surface area contributed by atoms with Gasteiger partial charge in [0.25, 0.3) is 5.91 Å². The third-order valence-corrected chi connectivity index (χ3v) is 6.75. The number of carbonyl (C=O) groups is 3. The summed E-state index contributed by atoms with van der Waals surface area (Å²) in [7, 11) is 0. The molecule has 1 heterocycles. The number of aryl methyl sites for hydroxylation is 2. The van der Waals surface area contributed by atoms with Crippen molar-refractivity contribution in [3.05, 3.63) is 70.8 Å². The van der Waals surface area contributed by atoms with Gasteiger partial charge in [-0.1, -0.05) is 29.8 Å². The molecule has 2 bridgehead atoms. The molecule has 30 heavy (non-hydrogen) atoms. The van der Waals surface area contributed by atoms with Crippen molar-refractivity contribution in [2.24, 2.45) is 23.7 Å². The van der Waals surface area contributed by atoms with E-state index in [0.29, 0.717) is 16.9 Å². The average Bonchev–Trinajstić information content (AvgIpc) is 3.31. The molecule has 3 aliphatic rings. The second-order valence-corrected chi connectivity index (χ2v) is 8.83. The molecule has 2 aromatic rings. The van der Waals surface area contributed by atoms with Gasteiger partial charge in [-0.3, -0.25) is 14.4 Å². The van der Waals surface area contributed by atoms with Gasteiger partial charge in [0.05, 0.1) is 23.1 Å². The van der Waals surface area contributed by atoms with E-state index in [0.717, 1.165) is 17.5 Å². The van der Waals surface area contributed by atoms with E-state index in [4.69, 9.17) is 0 Å². The second-order valence-electron chi connectivity index (χ2n) is 8.83. The largest absolute Gasteiger partial charge is 0.322 e. The summed E-state index contributed by atoms with van der Waals surface area (Å²) in [5, 5.41) is 2.92. The van der Waals surface area contributed by atoms with E-state index in [1.807, 2.05) is 39.0 Å². The SMILES string of the molecule is CC1=C[C@H]2C[C@H]1[C@H]1C(=O)N(c3ccccc3C(=O)Nc3cc(C)cc(C)c3)C(=O)[C@@H]12. The van der Waals surface area contributed by atoms with Gasteiger partial charge in [0.1, 0.15) is 0 Å². The highest BCUT2D eigenvalue weighted by Gasteiger charge is 2.61. The van der Waals surface area contributed by atoms with Crippen molar-refractivity contribution < 1.29 is 14.4 Å². The summed E-state index contributed by atoms with van der Waals surface area (Å²) in [4.78, 5) is 40.9. The molecular formula is C25H24N2O3. The van der Waals surface area contributed by atoms with Gasteiger partial charge in [-0.25, -0.2) is 4.90 Å². The lowest BCUT2D eigenvalue weighted by Gasteiger charge is -2.20. The molecule has 4 atom stereocenters. The zero-order valence-electron chi connectivity index (χ0n) is 17.3. The zero-order chi connectivity index (χ0) is 21.2. The Hall–Kier alpha value is -3.21. The maximum absolute atomic E-state index is 13.3. The summed E-state index contributed by atoms with van der Waals surface area (Å²) in [5.74, 6) is -0.963. The highest BCUT2D eigenvalue weighted by atomic mass is 16.2. The number of amides is 3. The minimum Gasteiger partial charge on any atom is -0.322 e. The summed E-state index contributed by atoms with van der Waals surface area (Å²) < 4.78 is 0. The van der Waals surface area contributed by atoms with Gasteiger partial charge in [0, 0.05) is 5.69 Å². The van der Waals surface area contributed by atoms with Crippen molar-refractivity contribution >= 4 is 29.1 Å². The van der Waals surface area contributed by atoms with Crippen LogP contribution in [-0.4, -0.2) is 17.7 Å². The minimum atomic E-state index is -0.328. The smallest absolute Gasteiger partial charge is 0.257 e. The van der Waals surface area contributed by atoms with Crippen molar-refractivity contribution in [3.63, 3.8) is 0 Å². The van der Waals surface area contributed by atoms with Crippen molar-refractivity contribution in [2.45, 2.75) is 27.2 Å². The van der Waals surface area contributed by atoms with E-state index in [-0.39, 0.29) is 41.4 Å². The number of allylic oxidation sites excluding steroid dienone is 2. The van der Waals surface area contributed by atoms with Crippen molar-refractivity contribution in [2.75, 3.05) is 10.2 Å². The average molecular weight is 400 g/mol. The Morgan fingerprint density at radius 3 is 2.37 bits per heavy atom. The number of fused-ring (bicyclic) bond motifs is 5. The Morgan fingerprint density at radius 2 is 1.63 bits per heavy atom. The van der Waals surface area contributed by atoms with Crippen LogP contribution < -0.4 is 10.2 Å². The van der Waals surface area contributed by atoms with Gasteiger partial charge >= 0.3 is 0 Å². The summed E-state index contributed by atoms with van der Waals surface area (Å²) in [6.07, 6.45) is 3.04. The van der Waals surface area contributed by atoms with Crippen LogP contribution in [0, 0.1) is 37.5 Å². The van der Waals surface area contributed by atoms with Crippen LogP contribution in [0.15, 0.2) is 54.1 Å². The first-order valence-electron chi connectivity index (χ1n) is 10.4. The number of benzene rings is 2. The third-order valence-electron chi connectivity index (χ3n) is 6.75. The lowest BCUT2D eigenvalue weighted by atomic mass is 9.82. The second kappa shape index (κ2) is 6.66. The molecule has 1 N–H and O–H groups in total. The molecule has 0 spiro atoms. The Labute approximate surface area is 175 Å². The fourth-order valence-electron chi connectivity index (χ4n) is 5.62. The molecule has 0 aromatic heterocycles. The molecule has 2 aliphatic carbocycles. The van der Waals surface area contributed by atoms with Crippen LogP contribution in [0.2, 0.25) is 0 Å². The number of hydrogen-bond donors (Lipinski definition) is 1. The summed E-state index contributed by atoms with van der Waals surface area (Å²) in [6, 6.07) is 12.7. The number of imide groups is 1. The lowest BCUT2D eigenvalue weighted by molar-refractivity contribution is -0.123. The van der Waals surface area contributed by atoms with Crippen LogP contribution in [0.1, 0.15) is 34.8 Å². The van der Waals surface area contributed by atoms with Crippen LogP contribution in [0.25, 0.3) is 0 Å². The Morgan fingerprint density at radius 1 is 0.967 bits per heavy atom. The molecule has 1 aliphatic heterocycles. The topological polar surface area (TPSA) is 66.5 Å². The number of anilines is 2. The van der Waals surface area contributed by atoms with Gasteiger partial charge in [0.2, 0.25) is 11.8 Å². The van der Waals surface area contributed by atoms with Gasteiger partial charge < -0.3 is 5.32 Å². The van der Waals surface area contributed by atoms with Crippen molar-refractivity contribution in [1.29, 1.82) is 0 Å². The van der Waals surface area contributed by atoms with Crippen LogP contribution in [0.3, 0.4) is 0 Å². The van der Waals surface area contributed by atoms with E-state index in [1.165, 1.54) is 10.5 Å². The molecule has 3 amide bonds. The summed E-state index contributed by atoms with van der Waals surface area (Å²) in [5.41, 5.74) is 4.71. The molecule has 152 valence electrons. The van der Waals surface area contributed by atoms with Gasteiger partial charge in [-0.15, -0.1) is 0 Å². The molecule has 5 heteroatoms. The number of nitrogens with one attached hydrogen (secondary N) is 1. The predicted octanol–water partition coefficient (Wildman–Crippen LogP) is 4.26. The van der Waals surface area contributed by atoms with Crippen LogP contribution in [0.4, 0.5) is 11.4 Å². The van der Waals surface area contributed by atoms with E-state index < -0.39 is 0 Å². The van der Waals surface area contributed by atoms with Crippen molar-refractivity contribution in [1.82, 2.24) is 0 Å².